The van der Waals surface area contributed by atoms with E-state index < -0.39 is 0 Å². The molecule has 0 heterocycles. The quantitative estimate of drug-likeness (QED) is 0.449. The number of hydrogen-bond acceptors (Lipinski definition) is 2. The van der Waals surface area contributed by atoms with E-state index in [1.54, 1.807) is 14.2 Å². The molecule has 0 amide bonds. The first-order valence-corrected chi connectivity index (χ1v) is 1.48. The van der Waals surface area contributed by atoms with Gasteiger partial charge in [-0.25, -0.2) is 0 Å². The molecule has 2 heteroatoms. The second-order valence-corrected chi connectivity index (χ2v) is 0.591. The summed E-state index contributed by atoms with van der Waals surface area (Å²) >= 11 is 0. The van der Waals surface area contributed by atoms with Crippen LogP contribution < -0.4 is 0 Å². The van der Waals surface area contributed by atoms with Gasteiger partial charge in [0.05, 0.1) is 6.26 Å². The summed E-state index contributed by atoms with van der Waals surface area (Å²) in [6.07, 6.45) is 0.750. The summed E-state index contributed by atoms with van der Waals surface area (Å²) < 4.78 is 4.25. The Morgan fingerprint density at radius 2 is 1.67 bits per heavy atom. The van der Waals surface area contributed by atoms with Gasteiger partial charge in [0, 0.05) is 14.2 Å². The topological polar surface area (TPSA) is 29.5 Å². The van der Waals surface area contributed by atoms with Crippen molar-refractivity contribution in [3.63, 3.8) is 0 Å². The van der Waals surface area contributed by atoms with Gasteiger partial charge in [-0.05, 0) is 0 Å². The van der Waals surface area contributed by atoms with Crippen molar-refractivity contribution in [3.05, 3.63) is 12.8 Å². The molecule has 0 aromatic rings. The Bertz CT molecular complexity index is 19.5. The number of aliphatic hydroxyl groups is 1. The second-order valence-electron chi connectivity index (χ2n) is 0.591. The van der Waals surface area contributed by atoms with Gasteiger partial charge in [-0.2, -0.15) is 0 Å². The lowest BCUT2D eigenvalue weighted by Gasteiger charge is -1.61. The molecule has 0 aliphatic carbocycles. The van der Waals surface area contributed by atoms with E-state index in [4.69, 9.17) is 5.11 Å². The molecule has 0 saturated carbocycles. The zero-order valence-electron chi connectivity index (χ0n) is 4.14. The summed E-state index contributed by atoms with van der Waals surface area (Å²) in [6, 6.07) is 0. The van der Waals surface area contributed by atoms with Gasteiger partial charge in [0.15, 0.2) is 0 Å². The summed E-state index contributed by atoms with van der Waals surface area (Å²) in [5.74, 6) is 0. The van der Waals surface area contributed by atoms with Crippen LogP contribution >= 0.6 is 0 Å². The van der Waals surface area contributed by atoms with Crippen LogP contribution in [0.4, 0.5) is 0 Å². The maximum Gasteiger partial charge on any atom is 0.0719 e. The minimum atomic E-state index is 0.750. The van der Waals surface area contributed by atoms with E-state index in [0.29, 0.717) is 0 Å². The van der Waals surface area contributed by atoms with Crippen LogP contribution in [0, 0.1) is 0 Å². The first kappa shape index (κ1) is 9.09. The van der Waals surface area contributed by atoms with Crippen molar-refractivity contribution >= 4 is 0 Å². The van der Waals surface area contributed by atoms with Crippen molar-refractivity contribution < 1.29 is 9.84 Å². The molecule has 0 atom stereocenters. The molecule has 0 aromatic heterocycles. The van der Waals surface area contributed by atoms with Gasteiger partial charge in [-0.3, -0.25) is 0 Å². The zero-order chi connectivity index (χ0) is 5.41. The molecule has 0 aromatic carbocycles. The molecule has 38 valence electrons. The van der Waals surface area contributed by atoms with Crippen molar-refractivity contribution in [2.45, 2.75) is 0 Å². The molecule has 6 heavy (non-hydrogen) atoms. The number of aliphatic hydroxyl groups excluding tert-OH is 1. The number of hydrogen-bond donors (Lipinski definition) is 1. The van der Waals surface area contributed by atoms with Crippen LogP contribution in [0.2, 0.25) is 0 Å². The summed E-state index contributed by atoms with van der Waals surface area (Å²) in [5.41, 5.74) is 0. The molecule has 2 nitrogen and oxygen atoms in total. The first-order chi connectivity index (χ1) is 2.83. The minimum absolute atomic E-state index is 0.750. The highest BCUT2D eigenvalue weighted by Crippen LogP contribution is 1.28. The SMILES string of the molecule is C=CO.COC. The molecule has 0 rings (SSSR count). The summed E-state index contributed by atoms with van der Waals surface area (Å²) in [4.78, 5) is 0. The van der Waals surface area contributed by atoms with E-state index in [1.165, 1.54) is 0 Å². The zero-order valence-corrected chi connectivity index (χ0v) is 4.14. The van der Waals surface area contributed by atoms with Gasteiger partial charge in [0.1, 0.15) is 0 Å². The van der Waals surface area contributed by atoms with Crippen LogP contribution in [0.1, 0.15) is 0 Å². The van der Waals surface area contributed by atoms with Gasteiger partial charge in [0.25, 0.3) is 0 Å². The second kappa shape index (κ2) is 24.5. The van der Waals surface area contributed by atoms with Crippen LogP contribution in [0.15, 0.2) is 12.8 Å². The highest BCUT2D eigenvalue weighted by molar-refractivity contribution is 4.38. The average Bonchev–Trinajstić information content (AvgIpc) is 1.39. The third-order valence-electron chi connectivity index (χ3n) is 0. The van der Waals surface area contributed by atoms with Crippen molar-refractivity contribution in [2.24, 2.45) is 0 Å². The van der Waals surface area contributed by atoms with E-state index in [-0.39, 0.29) is 0 Å². The van der Waals surface area contributed by atoms with Crippen LogP contribution in [0.3, 0.4) is 0 Å². The Kier molecular flexibility index (Phi) is 37.1. The van der Waals surface area contributed by atoms with Crippen molar-refractivity contribution in [1.82, 2.24) is 0 Å². The maximum atomic E-state index is 7.33. The van der Waals surface area contributed by atoms with Crippen molar-refractivity contribution in [3.8, 4) is 0 Å². The van der Waals surface area contributed by atoms with E-state index in [0.717, 1.165) is 6.26 Å². The Morgan fingerprint density at radius 3 is 1.67 bits per heavy atom. The van der Waals surface area contributed by atoms with Crippen LogP contribution in [-0.2, 0) is 4.74 Å². The Morgan fingerprint density at radius 1 is 1.67 bits per heavy atom. The lowest BCUT2D eigenvalue weighted by Crippen LogP contribution is -1.55. The van der Waals surface area contributed by atoms with Gasteiger partial charge in [0.2, 0.25) is 0 Å². The highest BCUT2D eigenvalue weighted by Gasteiger charge is 1.25. The number of methoxy groups -OCH3 is 1. The highest BCUT2D eigenvalue weighted by atomic mass is 16.4. The average molecular weight is 90.1 g/mol. The maximum absolute atomic E-state index is 7.33. The fraction of sp³-hybridized carbons (Fsp3) is 0.500. The molecule has 0 radical (unpaired) electrons. The van der Waals surface area contributed by atoms with Crippen LogP contribution in [-0.4, -0.2) is 19.3 Å². The van der Waals surface area contributed by atoms with Crippen molar-refractivity contribution in [2.75, 3.05) is 14.2 Å². The van der Waals surface area contributed by atoms with E-state index >= 15 is 0 Å². The third-order valence-corrected chi connectivity index (χ3v) is 0. The molecular weight excluding hydrogens is 80.0 g/mol. The lowest BCUT2D eigenvalue weighted by atomic mass is 11.2. The lowest BCUT2D eigenvalue weighted by molar-refractivity contribution is 0.277. The molecule has 0 aliphatic heterocycles. The Hall–Kier alpha value is -0.500. The van der Waals surface area contributed by atoms with Gasteiger partial charge in [-0.1, -0.05) is 6.58 Å². The third kappa shape index (κ3) is 87.5. The largest absolute Gasteiger partial charge is 0.516 e. The molecule has 0 saturated heterocycles. The molecule has 0 fully saturated rings. The van der Waals surface area contributed by atoms with Gasteiger partial charge >= 0.3 is 0 Å². The van der Waals surface area contributed by atoms with Crippen molar-refractivity contribution in [1.29, 1.82) is 0 Å². The summed E-state index contributed by atoms with van der Waals surface area (Å²) in [6.45, 7) is 2.92. The van der Waals surface area contributed by atoms with E-state index in [9.17, 15) is 0 Å². The fourth-order valence-electron chi connectivity index (χ4n) is 0. The van der Waals surface area contributed by atoms with E-state index in [1.807, 2.05) is 0 Å². The smallest absolute Gasteiger partial charge is 0.0719 e. The number of rotatable bonds is 0. The Labute approximate surface area is 38.1 Å². The van der Waals surface area contributed by atoms with Crippen LogP contribution in [0.5, 0.6) is 0 Å². The monoisotopic (exact) mass is 90.1 g/mol. The molecule has 0 unspecified atom stereocenters. The molecule has 0 bridgehead atoms. The predicted molar refractivity (Wildman–Crippen MR) is 25.8 cm³/mol. The molecule has 0 aliphatic rings. The van der Waals surface area contributed by atoms with Crippen LogP contribution in [0.25, 0.3) is 0 Å². The summed E-state index contributed by atoms with van der Waals surface area (Å²) in [5, 5.41) is 7.33. The number of ether oxygens (including phenoxy) is 1. The standard InChI is InChI=1S/C2H6O.C2H4O/c1-3-2;1-2-3/h1-2H3;2-3H,1H2. The Balaban J connectivity index is 0. The minimum Gasteiger partial charge on any atom is -0.516 e. The normalized spacial score (nSPS) is 5.00. The molecule has 0 spiro atoms. The molecular formula is C4H10O2. The van der Waals surface area contributed by atoms with Gasteiger partial charge < -0.3 is 9.84 Å². The first-order valence-electron chi connectivity index (χ1n) is 1.48. The van der Waals surface area contributed by atoms with Gasteiger partial charge in [-0.15, -0.1) is 0 Å². The predicted octanol–water partition coefficient (Wildman–Crippen LogP) is 0.950. The fourth-order valence-corrected chi connectivity index (χ4v) is 0. The van der Waals surface area contributed by atoms with E-state index in [2.05, 4.69) is 11.3 Å². The molecule has 1 N–H and O–H groups in total. The summed E-state index contributed by atoms with van der Waals surface area (Å²) in [7, 11) is 3.25.